The molecule has 280 valence electrons. The number of sulfonamides is 1. The van der Waals surface area contributed by atoms with Crippen LogP contribution in [0.4, 0.5) is 10.6 Å². The van der Waals surface area contributed by atoms with E-state index in [-0.39, 0.29) is 27.2 Å². The molecular formula is C37H48ClN7O6S. The molecule has 4 fully saturated rings. The number of aromatic nitrogens is 4. The Hall–Kier alpha value is -3.91. The molecule has 7 rings (SSSR count). The van der Waals surface area contributed by atoms with Crippen molar-refractivity contribution < 1.29 is 27.5 Å². The number of pyridine rings is 2. The van der Waals surface area contributed by atoms with Crippen LogP contribution in [0.1, 0.15) is 96.3 Å². The van der Waals surface area contributed by atoms with Gasteiger partial charge in [0, 0.05) is 43.0 Å². The largest absolute Gasteiger partial charge is 0.476 e. The maximum Gasteiger partial charge on any atom is 0.410 e. The predicted molar refractivity (Wildman–Crippen MR) is 195 cm³/mol. The second kappa shape index (κ2) is 13.2. The van der Waals surface area contributed by atoms with E-state index in [1.165, 1.54) is 48.7 Å². The van der Waals surface area contributed by atoms with Crippen molar-refractivity contribution in [2.45, 2.75) is 102 Å². The molecule has 4 aliphatic rings. The van der Waals surface area contributed by atoms with Crippen molar-refractivity contribution in [3.05, 3.63) is 53.4 Å². The lowest BCUT2D eigenvalue weighted by atomic mass is 9.93. The van der Waals surface area contributed by atoms with Crippen LogP contribution in [0.15, 0.2) is 47.6 Å². The first-order valence-corrected chi connectivity index (χ1v) is 20.0. The summed E-state index contributed by atoms with van der Waals surface area (Å²) in [5, 5.41) is 7.51. The number of rotatable bonds is 13. The lowest BCUT2D eigenvalue weighted by Gasteiger charge is -2.33. The van der Waals surface area contributed by atoms with Gasteiger partial charge in [-0.1, -0.05) is 18.0 Å². The molecule has 3 aromatic rings. The Bertz CT molecular complexity index is 1930. The third-order valence-corrected chi connectivity index (χ3v) is 12.9. The molecular weight excluding hydrogens is 706 g/mol. The molecule has 52 heavy (non-hydrogen) atoms. The molecule has 4 heterocycles. The molecule has 3 aromatic heterocycles. The molecule has 2 N–H and O–H groups in total. The summed E-state index contributed by atoms with van der Waals surface area (Å²) in [5.74, 6) is 1.50. The highest BCUT2D eigenvalue weighted by molar-refractivity contribution is 7.90. The fourth-order valence-electron chi connectivity index (χ4n) is 8.40. The Morgan fingerprint density at radius 3 is 2.40 bits per heavy atom. The van der Waals surface area contributed by atoms with E-state index in [9.17, 15) is 18.0 Å². The van der Waals surface area contributed by atoms with E-state index < -0.39 is 21.5 Å². The van der Waals surface area contributed by atoms with Crippen molar-refractivity contribution in [1.82, 2.24) is 29.4 Å². The topological polar surface area (TPSA) is 158 Å². The van der Waals surface area contributed by atoms with Gasteiger partial charge < -0.3 is 19.7 Å². The monoisotopic (exact) mass is 753 g/mol. The first-order chi connectivity index (χ1) is 24.5. The van der Waals surface area contributed by atoms with Crippen molar-refractivity contribution in [2.75, 3.05) is 25.0 Å². The van der Waals surface area contributed by atoms with Gasteiger partial charge >= 0.3 is 6.09 Å². The zero-order valence-electron chi connectivity index (χ0n) is 30.4. The SMILES string of the molecule is CC(C)(C)OC(=O)N1CC(CCCCNc2ccc(S(=O)(=O)NC(=O)c3ccc(-n4ccc(OCC5C6(CC6)C56CC6)n4)nc3Cl)cn2)CC1(C)C. The fraction of sp³-hybridized carbons (Fsp3) is 0.595. The molecule has 15 heteroatoms. The van der Waals surface area contributed by atoms with Gasteiger partial charge in [-0.3, -0.25) is 4.79 Å². The Labute approximate surface area is 310 Å². The average molecular weight is 754 g/mol. The van der Waals surface area contributed by atoms with Crippen LogP contribution in [0.2, 0.25) is 5.15 Å². The Morgan fingerprint density at radius 1 is 1.04 bits per heavy atom. The standard InChI is InChI=1S/C37H48ClN7O6S/c1-34(2,3)51-33(47)44-22-24(20-35(44,4)5)8-6-7-18-39-28-11-9-25(21-40-28)52(48,49)43-32(46)26-10-12-29(41-31(26)38)45-19-13-30(42-45)50-23-27-36(14-15-36)37(27)16-17-37/h9-13,19,21,24,27H,6-8,14-18,20,22-23H2,1-5H3,(H,39,40)(H,43,46). The number of carbonyl (C=O) groups excluding carboxylic acids is 2. The van der Waals surface area contributed by atoms with Crippen molar-refractivity contribution >= 4 is 39.4 Å². The van der Waals surface area contributed by atoms with Crippen molar-refractivity contribution in [3.63, 3.8) is 0 Å². The fourth-order valence-corrected chi connectivity index (χ4v) is 9.54. The van der Waals surface area contributed by atoms with E-state index >= 15 is 0 Å². The number of hydrogen-bond donors (Lipinski definition) is 2. The third-order valence-electron chi connectivity index (χ3n) is 11.3. The lowest BCUT2D eigenvalue weighted by Crippen LogP contribution is -2.45. The summed E-state index contributed by atoms with van der Waals surface area (Å²) in [5.41, 5.74) is 0.229. The summed E-state index contributed by atoms with van der Waals surface area (Å²) in [6.45, 7) is 11.8. The van der Waals surface area contributed by atoms with Gasteiger partial charge in [0.1, 0.15) is 21.5 Å². The number of hydrogen-bond acceptors (Lipinski definition) is 10. The molecule has 0 radical (unpaired) electrons. The average Bonchev–Trinajstić information content (AvgIpc) is 4.02. The van der Waals surface area contributed by atoms with Crippen LogP contribution in [0.5, 0.6) is 5.88 Å². The molecule has 2 amide bonds. The van der Waals surface area contributed by atoms with Gasteiger partial charge in [-0.05, 0) is 121 Å². The zero-order valence-corrected chi connectivity index (χ0v) is 32.0. The minimum atomic E-state index is -4.23. The number of fused-ring (bicyclic) bond motifs is 1. The maximum absolute atomic E-state index is 13.0. The number of ether oxygens (including phenoxy) is 2. The lowest BCUT2D eigenvalue weighted by molar-refractivity contribution is 0.0130. The van der Waals surface area contributed by atoms with Crippen molar-refractivity contribution in [1.29, 1.82) is 0 Å². The van der Waals surface area contributed by atoms with Crippen LogP contribution >= 0.6 is 11.6 Å². The molecule has 1 unspecified atom stereocenters. The van der Waals surface area contributed by atoms with E-state index in [1.807, 2.05) is 25.7 Å². The van der Waals surface area contributed by atoms with Crippen LogP contribution in [-0.2, 0) is 14.8 Å². The van der Waals surface area contributed by atoms with Gasteiger partial charge in [0.2, 0.25) is 5.88 Å². The summed E-state index contributed by atoms with van der Waals surface area (Å²) < 4.78 is 41.2. The highest BCUT2D eigenvalue weighted by Gasteiger charge is 2.86. The molecule has 0 bridgehead atoms. The highest BCUT2D eigenvalue weighted by atomic mass is 35.5. The van der Waals surface area contributed by atoms with Crippen LogP contribution in [0.25, 0.3) is 5.82 Å². The first kappa shape index (κ1) is 36.4. The second-order valence-corrected chi connectivity index (χ2v) is 18.5. The zero-order chi connectivity index (χ0) is 37.1. The number of nitrogens with one attached hydrogen (secondary N) is 2. The Balaban J connectivity index is 0.851. The highest BCUT2D eigenvalue weighted by Crippen LogP contribution is 2.92. The van der Waals surface area contributed by atoms with Crippen LogP contribution in [-0.4, -0.2) is 75.9 Å². The van der Waals surface area contributed by atoms with Gasteiger partial charge in [0.25, 0.3) is 15.9 Å². The smallest absolute Gasteiger partial charge is 0.410 e. The summed E-state index contributed by atoms with van der Waals surface area (Å²) >= 11 is 6.34. The summed E-state index contributed by atoms with van der Waals surface area (Å²) in [7, 11) is -4.23. The Morgan fingerprint density at radius 2 is 1.77 bits per heavy atom. The van der Waals surface area contributed by atoms with Crippen LogP contribution < -0.4 is 14.8 Å². The van der Waals surface area contributed by atoms with E-state index in [0.717, 1.165) is 25.7 Å². The van der Waals surface area contributed by atoms with Crippen molar-refractivity contribution in [3.8, 4) is 11.7 Å². The van der Waals surface area contributed by atoms with Crippen LogP contribution in [0, 0.1) is 22.7 Å². The second-order valence-electron chi connectivity index (χ2n) is 16.5. The summed E-state index contributed by atoms with van der Waals surface area (Å²) in [6, 6.07) is 7.65. The van der Waals surface area contributed by atoms with E-state index in [4.69, 9.17) is 21.1 Å². The Kier molecular flexibility index (Phi) is 9.24. The number of nitrogens with zero attached hydrogens (tertiary/aromatic N) is 5. The summed E-state index contributed by atoms with van der Waals surface area (Å²) in [6.07, 6.45) is 11.7. The van der Waals surface area contributed by atoms with Gasteiger partial charge in [-0.2, -0.15) is 0 Å². The van der Waals surface area contributed by atoms with Gasteiger partial charge in [0.05, 0.1) is 12.2 Å². The number of carbonyl (C=O) groups is 2. The molecule has 13 nitrogen and oxygen atoms in total. The van der Waals surface area contributed by atoms with Crippen LogP contribution in [0.3, 0.4) is 0 Å². The molecule has 1 atom stereocenters. The van der Waals surface area contributed by atoms with Crippen molar-refractivity contribution in [2.24, 2.45) is 22.7 Å². The molecule has 1 saturated heterocycles. The third kappa shape index (κ3) is 7.33. The molecule has 3 saturated carbocycles. The molecule has 1 aliphatic heterocycles. The van der Waals surface area contributed by atoms with Gasteiger partial charge in [-0.25, -0.2) is 32.6 Å². The minimum absolute atomic E-state index is 0.0965. The first-order valence-electron chi connectivity index (χ1n) is 18.2. The van der Waals surface area contributed by atoms with Gasteiger partial charge in [-0.15, -0.1) is 5.10 Å². The number of unbranched alkanes of at least 4 members (excludes halogenated alkanes) is 1. The summed E-state index contributed by atoms with van der Waals surface area (Å²) in [4.78, 5) is 35.9. The maximum atomic E-state index is 13.0. The molecule has 3 aliphatic carbocycles. The number of amides is 2. The van der Waals surface area contributed by atoms with Gasteiger partial charge in [0.15, 0.2) is 5.82 Å². The molecule has 2 spiro atoms. The van der Waals surface area contributed by atoms with E-state index in [1.54, 1.807) is 24.4 Å². The predicted octanol–water partition coefficient (Wildman–Crippen LogP) is 6.62. The quantitative estimate of drug-likeness (QED) is 0.144. The minimum Gasteiger partial charge on any atom is -0.476 e. The number of anilines is 1. The number of halogens is 1. The normalized spacial score (nSPS) is 20.9. The number of likely N-dealkylation sites (tertiary alicyclic amines) is 1. The van der Waals surface area contributed by atoms with E-state index in [2.05, 4.69) is 39.0 Å². The van der Waals surface area contributed by atoms with E-state index in [0.29, 0.717) is 59.9 Å². The molecule has 0 aromatic carbocycles.